The monoisotopic (exact) mass is 1090 g/mol. The Hall–Kier alpha value is -8.38. The minimum absolute atomic E-state index is 0.0567. The molecular weight excluding hydrogens is 1010 g/mol. The van der Waals surface area contributed by atoms with Gasteiger partial charge in [0.25, 0.3) is 0 Å². The van der Waals surface area contributed by atoms with Crippen molar-refractivity contribution >= 4 is 46.6 Å². The summed E-state index contributed by atoms with van der Waals surface area (Å²) < 4.78 is 25.6. The van der Waals surface area contributed by atoms with E-state index < -0.39 is 29.8 Å². The normalized spacial score (nSPS) is 13.8. The van der Waals surface area contributed by atoms with Crippen molar-refractivity contribution < 1.29 is 38.1 Å². The molecule has 0 radical (unpaired) electrons. The second kappa shape index (κ2) is 25.4. The summed E-state index contributed by atoms with van der Waals surface area (Å²) in [5, 5.41) is 0. The number of anilines is 4. The summed E-state index contributed by atoms with van der Waals surface area (Å²) in [5.41, 5.74) is 11.3. The molecule has 9 rings (SSSR count). The summed E-state index contributed by atoms with van der Waals surface area (Å²) >= 11 is 0. The molecule has 2 aliphatic carbocycles. The van der Waals surface area contributed by atoms with Crippen LogP contribution in [0.25, 0.3) is 0 Å². The maximum Gasteiger partial charge on any atom is 0.343 e. The first-order valence-electron chi connectivity index (χ1n) is 28.3. The average Bonchev–Trinajstić information content (AvgIpc) is 3.60. The van der Waals surface area contributed by atoms with E-state index in [4.69, 9.17) is 18.9 Å². The van der Waals surface area contributed by atoms with Crippen LogP contribution >= 0.6 is 0 Å². The van der Waals surface area contributed by atoms with Crippen molar-refractivity contribution in [3.05, 3.63) is 201 Å². The first kappa shape index (κ1) is 57.3. The third-order valence-electron chi connectivity index (χ3n) is 16.0. The Kier molecular flexibility index (Phi) is 18.0. The van der Waals surface area contributed by atoms with E-state index in [9.17, 15) is 19.2 Å². The first-order valence-corrected chi connectivity index (χ1v) is 28.3. The molecule has 7 aromatic carbocycles. The van der Waals surface area contributed by atoms with Crippen molar-refractivity contribution in [3.63, 3.8) is 0 Å². The maximum atomic E-state index is 14.5. The van der Waals surface area contributed by atoms with E-state index in [2.05, 4.69) is 12.1 Å². The Bertz CT molecular complexity index is 3300. The third kappa shape index (κ3) is 13.5. The van der Waals surface area contributed by atoms with Gasteiger partial charge in [0.05, 0.1) is 22.3 Å². The topological polar surface area (TPSA) is 118 Å². The van der Waals surface area contributed by atoms with Gasteiger partial charge in [-0.3, -0.25) is 0 Å². The molecule has 2 fully saturated rings. The lowest BCUT2D eigenvalue weighted by atomic mass is 9.75. The van der Waals surface area contributed by atoms with E-state index in [1.54, 1.807) is 54.6 Å². The van der Waals surface area contributed by atoms with Gasteiger partial charge in [0.15, 0.2) is 11.5 Å². The van der Waals surface area contributed by atoms with Crippen molar-refractivity contribution in [3.8, 4) is 23.0 Å². The number of ether oxygens (including phenoxy) is 4. The highest BCUT2D eigenvalue weighted by molar-refractivity contribution is 5.95. The summed E-state index contributed by atoms with van der Waals surface area (Å²) in [6.07, 6.45) is 10.2. The van der Waals surface area contributed by atoms with Gasteiger partial charge in [-0.15, -0.1) is 0 Å². The Morgan fingerprint density at radius 2 is 0.691 bits per heavy atom. The largest absolute Gasteiger partial charge is 0.423 e. The number of carbonyl (C=O) groups excluding carboxylic acids is 4. The Labute approximate surface area is 478 Å². The van der Waals surface area contributed by atoms with Crippen LogP contribution < -0.4 is 38.5 Å². The van der Waals surface area contributed by atoms with Crippen LogP contribution in [0, 0.1) is 13.8 Å². The molecule has 2 aliphatic rings. The van der Waals surface area contributed by atoms with Crippen molar-refractivity contribution in [1.29, 1.82) is 0 Å². The summed E-state index contributed by atoms with van der Waals surface area (Å²) in [6.45, 7) is 4.09. The number of benzene rings is 7. The van der Waals surface area contributed by atoms with Crippen LogP contribution in [-0.4, -0.2) is 80.3 Å². The number of esters is 4. The highest BCUT2D eigenvalue weighted by Crippen LogP contribution is 2.48. The average molecular weight is 1090 g/mol. The molecule has 420 valence electrons. The van der Waals surface area contributed by atoms with Gasteiger partial charge in [-0.25, -0.2) is 19.2 Å². The lowest BCUT2D eigenvalue weighted by Crippen LogP contribution is -2.17. The molecule has 0 atom stereocenters. The van der Waals surface area contributed by atoms with Gasteiger partial charge in [-0.2, -0.15) is 0 Å². The Morgan fingerprint density at radius 1 is 0.370 bits per heavy atom. The van der Waals surface area contributed by atoms with Crippen LogP contribution in [0.5, 0.6) is 23.0 Å². The van der Waals surface area contributed by atoms with Gasteiger partial charge in [0.1, 0.15) is 11.5 Å². The summed E-state index contributed by atoms with van der Waals surface area (Å²) in [4.78, 5) is 64.9. The van der Waals surface area contributed by atoms with Crippen LogP contribution in [0.3, 0.4) is 0 Å². The van der Waals surface area contributed by atoms with E-state index in [-0.39, 0.29) is 23.3 Å². The fourth-order valence-corrected chi connectivity index (χ4v) is 11.4. The van der Waals surface area contributed by atoms with E-state index in [0.717, 1.165) is 126 Å². The van der Waals surface area contributed by atoms with Gasteiger partial charge in [0, 0.05) is 85.0 Å². The predicted molar refractivity (Wildman–Crippen MR) is 324 cm³/mol. The van der Waals surface area contributed by atoms with Gasteiger partial charge in [-0.05, 0) is 187 Å². The predicted octanol–water partition coefficient (Wildman–Crippen LogP) is 14.7. The van der Waals surface area contributed by atoms with Crippen LogP contribution in [-0.2, 0) is 0 Å². The van der Waals surface area contributed by atoms with Crippen LogP contribution in [0.1, 0.15) is 162 Å². The van der Waals surface area contributed by atoms with Crippen molar-refractivity contribution in [2.45, 2.75) is 95.8 Å². The molecule has 0 N–H and O–H groups in total. The first-order chi connectivity index (χ1) is 38.9. The molecule has 12 heteroatoms. The molecule has 0 saturated heterocycles. The second-order valence-electron chi connectivity index (χ2n) is 22.6. The van der Waals surface area contributed by atoms with Crippen molar-refractivity contribution in [2.75, 3.05) is 76.0 Å². The number of hydrogen-bond donors (Lipinski definition) is 0. The zero-order chi connectivity index (χ0) is 57.5. The lowest BCUT2D eigenvalue weighted by molar-refractivity contribution is 0.0682. The molecular formula is C69H76N4O8. The van der Waals surface area contributed by atoms with E-state index in [1.165, 1.54) is 0 Å². The Balaban J connectivity index is 1.24. The third-order valence-corrected chi connectivity index (χ3v) is 16.0. The zero-order valence-corrected chi connectivity index (χ0v) is 48.6. The van der Waals surface area contributed by atoms with Gasteiger partial charge >= 0.3 is 23.9 Å². The van der Waals surface area contributed by atoms with E-state index in [0.29, 0.717) is 33.8 Å². The zero-order valence-electron chi connectivity index (χ0n) is 48.6. The molecule has 0 aliphatic heterocycles. The molecule has 0 bridgehead atoms. The molecule has 0 unspecified atom stereocenters. The number of carbonyl (C=O) groups is 4. The van der Waals surface area contributed by atoms with Crippen LogP contribution in [0.15, 0.2) is 140 Å². The van der Waals surface area contributed by atoms with E-state index >= 15 is 0 Å². The van der Waals surface area contributed by atoms with Crippen LogP contribution in [0.2, 0.25) is 0 Å². The molecule has 0 spiro atoms. The van der Waals surface area contributed by atoms with Gasteiger partial charge in [0.2, 0.25) is 0 Å². The van der Waals surface area contributed by atoms with Crippen LogP contribution in [0.4, 0.5) is 22.7 Å². The number of aryl methyl sites for hydroxylation is 2. The van der Waals surface area contributed by atoms with Crippen molar-refractivity contribution in [2.24, 2.45) is 0 Å². The second-order valence-corrected chi connectivity index (χ2v) is 22.6. The quantitative estimate of drug-likeness (QED) is 0.0491. The minimum atomic E-state index is -0.629. The smallest absolute Gasteiger partial charge is 0.343 e. The van der Waals surface area contributed by atoms with Gasteiger partial charge in [-0.1, -0.05) is 81.0 Å². The van der Waals surface area contributed by atoms with Gasteiger partial charge < -0.3 is 38.5 Å². The highest BCUT2D eigenvalue weighted by atomic mass is 16.6. The number of nitrogens with zero attached hydrogens (tertiary/aromatic N) is 4. The molecule has 0 amide bonds. The highest BCUT2D eigenvalue weighted by Gasteiger charge is 2.32. The molecule has 81 heavy (non-hydrogen) atoms. The number of rotatable bonds is 17. The summed E-state index contributed by atoms with van der Waals surface area (Å²) in [7, 11) is 15.4. The number of hydrogen-bond acceptors (Lipinski definition) is 12. The standard InChI is InChI=1S/C69H76N4O8/c1-44-35-62(79-67(75)50-26-18-30-54(38-50)71(5)6)59(46-21-13-11-14-22-46)42-57(44)65(58-43-60(47-23-15-12-16-24-47)63(36-45(58)2)80-68(76)51-27-19-31-55(39-51)72(7)8)48-33-34-61(78-66(74)49-25-17-29-53(37-49)70(3)4)64(41-48)81-69(77)52-28-20-32-56(40-52)73(9)10/h17-20,25-43,46-47,65H,11-16,21-24H2,1-10H3. The molecule has 0 heterocycles. The summed E-state index contributed by atoms with van der Waals surface area (Å²) in [5.74, 6) is -1.25. The SMILES string of the molecule is Cc1cc(OC(=O)c2cccc(N(C)C)c2)c(C2CCCCC2)cc1C(c1ccc(OC(=O)c2cccc(N(C)C)c2)c(OC(=O)c2cccc(N(C)C)c2)c1)c1cc(C2CCCCC2)c(OC(=O)c2cccc(N(C)C)c2)cc1C. The molecule has 12 nitrogen and oxygen atoms in total. The molecule has 0 aromatic heterocycles. The minimum Gasteiger partial charge on any atom is -0.423 e. The Morgan fingerprint density at radius 3 is 1.02 bits per heavy atom. The molecule has 2 saturated carbocycles. The van der Waals surface area contributed by atoms with Crippen molar-refractivity contribution in [1.82, 2.24) is 0 Å². The summed E-state index contributed by atoms with van der Waals surface area (Å²) in [6, 6.07) is 43.2. The maximum absolute atomic E-state index is 14.5. The van der Waals surface area contributed by atoms with E-state index in [1.807, 2.05) is 163 Å². The molecule has 7 aromatic rings. The lowest BCUT2D eigenvalue weighted by Gasteiger charge is -2.30. The fraction of sp³-hybridized carbons (Fsp3) is 0.333. The fourth-order valence-electron chi connectivity index (χ4n) is 11.4.